The highest BCUT2D eigenvalue weighted by atomic mass is 32.2. The molecular weight excluding hydrogens is 361 g/mol. The van der Waals surface area contributed by atoms with E-state index in [9.17, 15) is 19.1 Å². The van der Waals surface area contributed by atoms with Crippen molar-refractivity contribution in [3.8, 4) is 0 Å². The molecule has 1 amide bonds. The van der Waals surface area contributed by atoms with Crippen LogP contribution in [0.25, 0.3) is 6.08 Å². The Labute approximate surface area is 153 Å². The molecule has 0 radical (unpaired) electrons. The number of amides is 1. The van der Waals surface area contributed by atoms with Gasteiger partial charge in [-0.05, 0) is 17.7 Å². The summed E-state index contributed by atoms with van der Waals surface area (Å²) in [6, 6.07) is 13.2. The lowest BCUT2D eigenvalue weighted by Crippen LogP contribution is -2.37. The summed E-state index contributed by atoms with van der Waals surface area (Å²) in [6.45, 7) is 0. The van der Waals surface area contributed by atoms with E-state index >= 15 is 0 Å². The van der Waals surface area contributed by atoms with Gasteiger partial charge in [0.2, 0.25) is 0 Å². The first-order chi connectivity index (χ1) is 12.0. The van der Waals surface area contributed by atoms with Crippen LogP contribution in [0.3, 0.4) is 0 Å². The van der Waals surface area contributed by atoms with Gasteiger partial charge in [-0.2, -0.15) is 0 Å². The summed E-state index contributed by atoms with van der Waals surface area (Å²) in [4.78, 5) is 25.7. The summed E-state index contributed by atoms with van der Waals surface area (Å²) in [6.07, 6.45) is 1.39. The number of aliphatic carboxylic acids is 1. The standard InChI is InChI=1S/C18H12FNO3S2/c19-13-9-5-4-8-12(13)10-14-16(21)20(18(24)25-14)15(17(22)23)11-6-2-1-3-7-11/h1-10,15H,(H,22,23)/b14-10+. The maximum Gasteiger partial charge on any atom is 0.331 e. The topological polar surface area (TPSA) is 57.6 Å². The van der Waals surface area contributed by atoms with Crippen molar-refractivity contribution in [2.24, 2.45) is 0 Å². The fraction of sp³-hybridized carbons (Fsp3) is 0.0556. The number of nitrogens with zero attached hydrogens (tertiary/aromatic N) is 1. The van der Waals surface area contributed by atoms with Gasteiger partial charge in [0, 0.05) is 5.56 Å². The molecule has 1 atom stereocenters. The van der Waals surface area contributed by atoms with Gasteiger partial charge in [-0.15, -0.1) is 0 Å². The molecule has 2 aromatic carbocycles. The van der Waals surface area contributed by atoms with E-state index in [0.29, 0.717) is 5.56 Å². The smallest absolute Gasteiger partial charge is 0.331 e. The minimum Gasteiger partial charge on any atom is -0.479 e. The van der Waals surface area contributed by atoms with Crippen molar-refractivity contribution in [1.82, 2.24) is 4.90 Å². The van der Waals surface area contributed by atoms with E-state index in [1.807, 2.05) is 0 Å². The summed E-state index contributed by atoms with van der Waals surface area (Å²) < 4.78 is 13.9. The van der Waals surface area contributed by atoms with Gasteiger partial charge in [0.05, 0.1) is 4.91 Å². The summed E-state index contributed by atoms with van der Waals surface area (Å²) in [5.74, 6) is -2.20. The number of carbonyl (C=O) groups is 2. The Morgan fingerprint density at radius 1 is 1.16 bits per heavy atom. The number of benzene rings is 2. The number of carboxylic acid groups (broad SMARTS) is 1. The Morgan fingerprint density at radius 3 is 2.44 bits per heavy atom. The molecule has 1 heterocycles. The number of hydrogen-bond donors (Lipinski definition) is 1. The molecule has 1 fully saturated rings. The van der Waals surface area contributed by atoms with E-state index in [1.54, 1.807) is 42.5 Å². The third kappa shape index (κ3) is 3.47. The summed E-state index contributed by atoms with van der Waals surface area (Å²) in [5.41, 5.74) is 0.688. The van der Waals surface area contributed by atoms with Crippen LogP contribution in [0.1, 0.15) is 17.2 Å². The average molecular weight is 373 g/mol. The summed E-state index contributed by atoms with van der Waals surface area (Å²) >= 11 is 6.17. The molecule has 2 aromatic rings. The van der Waals surface area contributed by atoms with Crippen molar-refractivity contribution in [1.29, 1.82) is 0 Å². The number of thiocarbonyl (C=S) groups is 1. The maximum absolute atomic E-state index is 13.8. The van der Waals surface area contributed by atoms with Gasteiger partial charge >= 0.3 is 5.97 Å². The summed E-state index contributed by atoms with van der Waals surface area (Å²) in [7, 11) is 0. The Kier molecular flexibility index (Phi) is 4.96. The number of halogens is 1. The second-order valence-electron chi connectivity index (χ2n) is 5.22. The van der Waals surface area contributed by atoms with Gasteiger partial charge in [0.1, 0.15) is 10.1 Å². The lowest BCUT2D eigenvalue weighted by atomic mass is 10.1. The molecule has 4 nitrogen and oxygen atoms in total. The van der Waals surface area contributed by atoms with Crippen molar-refractivity contribution in [3.63, 3.8) is 0 Å². The van der Waals surface area contributed by atoms with Crippen LogP contribution in [0.15, 0.2) is 59.5 Å². The fourth-order valence-corrected chi connectivity index (χ4v) is 3.78. The zero-order valence-corrected chi connectivity index (χ0v) is 14.4. The Morgan fingerprint density at radius 2 is 1.80 bits per heavy atom. The minimum absolute atomic E-state index is 0.129. The Balaban J connectivity index is 1.98. The second kappa shape index (κ2) is 7.16. The molecular formula is C18H12FNO3S2. The van der Waals surface area contributed by atoms with E-state index in [2.05, 4.69) is 0 Å². The van der Waals surface area contributed by atoms with Crippen molar-refractivity contribution in [2.75, 3.05) is 0 Å². The van der Waals surface area contributed by atoms with Crippen LogP contribution < -0.4 is 0 Å². The molecule has 1 unspecified atom stereocenters. The normalized spacial score (nSPS) is 17.2. The Bertz CT molecular complexity index is 883. The predicted molar refractivity (Wildman–Crippen MR) is 98.2 cm³/mol. The number of thioether (sulfide) groups is 1. The average Bonchev–Trinajstić information content (AvgIpc) is 2.86. The molecule has 1 N–H and O–H groups in total. The van der Waals surface area contributed by atoms with Crippen LogP contribution in [0, 0.1) is 5.82 Å². The number of carbonyl (C=O) groups excluding carboxylic acids is 1. The maximum atomic E-state index is 13.8. The van der Waals surface area contributed by atoms with Crippen LogP contribution in [0.5, 0.6) is 0 Å². The van der Waals surface area contributed by atoms with Gasteiger partial charge in [-0.3, -0.25) is 9.69 Å². The lowest BCUT2D eigenvalue weighted by Gasteiger charge is -2.23. The van der Waals surface area contributed by atoms with E-state index in [0.717, 1.165) is 16.7 Å². The van der Waals surface area contributed by atoms with Crippen LogP contribution >= 0.6 is 24.0 Å². The molecule has 25 heavy (non-hydrogen) atoms. The fourth-order valence-electron chi connectivity index (χ4n) is 2.47. The largest absolute Gasteiger partial charge is 0.479 e. The van der Waals surface area contributed by atoms with E-state index in [-0.39, 0.29) is 14.8 Å². The number of rotatable bonds is 4. The zero-order chi connectivity index (χ0) is 18.0. The highest BCUT2D eigenvalue weighted by Crippen LogP contribution is 2.38. The van der Waals surface area contributed by atoms with E-state index in [1.165, 1.54) is 18.2 Å². The van der Waals surface area contributed by atoms with Gasteiger partial charge in [-0.1, -0.05) is 72.5 Å². The molecule has 1 aliphatic heterocycles. The van der Waals surface area contributed by atoms with Crippen LogP contribution in [0.4, 0.5) is 4.39 Å². The van der Waals surface area contributed by atoms with Gasteiger partial charge in [0.15, 0.2) is 6.04 Å². The molecule has 0 spiro atoms. The molecule has 0 aliphatic carbocycles. The molecule has 1 saturated heterocycles. The zero-order valence-electron chi connectivity index (χ0n) is 12.8. The predicted octanol–water partition coefficient (Wildman–Crippen LogP) is 3.85. The molecule has 1 aliphatic rings. The van der Waals surface area contributed by atoms with Crippen LogP contribution in [-0.4, -0.2) is 26.2 Å². The van der Waals surface area contributed by atoms with Gasteiger partial charge in [0.25, 0.3) is 5.91 Å². The first-order valence-electron chi connectivity index (χ1n) is 7.28. The first-order valence-corrected chi connectivity index (χ1v) is 8.51. The molecule has 3 rings (SSSR count). The van der Waals surface area contributed by atoms with Crippen LogP contribution in [0.2, 0.25) is 0 Å². The summed E-state index contributed by atoms with van der Waals surface area (Å²) in [5, 5.41) is 9.60. The minimum atomic E-state index is -1.22. The van der Waals surface area contributed by atoms with Gasteiger partial charge in [-0.25, -0.2) is 9.18 Å². The lowest BCUT2D eigenvalue weighted by molar-refractivity contribution is -0.145. The monoisotopic (exact) mass is 373 g/mol. The van der Waals surface area contributed by atoms with Gasteiger partial charge < -0.3 is 5.11 Å². The quantitative estimate of drug-likeness (QED) is 0.652. The number of hydrogen-bond acceptors (Lipinski definition) is 4. The van der Waals surface area contributed by atoms with Crippen molar-refractivity contribution >= 4 is 46.3 Å². The molecule has 0 bridgehead atoms. The van der Waals surface area contributed by atoms with E-state index < -0.39 is 23.7 Å². The molecule has 0 saturated carbocycles. The number of carboxylic acids is 1. The highest BCUT2D eigenvalue weighted by molar-refractivity contribution is 8.26. The highest BCUT2D eigenvalue weighted by Gasteiger charge is 2.41. The third-order valence-corrected chi connectivity index (χ3v) is 4.95. The van der Waals surface area contributed by atoms with Crippen LogP contribution in [-0.2, 0) is 9.59 Å². The molecule has 0 aromatic heterocycles. The van der Waals surface area contributed by atoms with Crippen molar-refractivity contribution < 1.29 is 19.1 Å². The SMILES string of the molecule is O=C(O)C(c1ccccc1)N1C(=O)/C(=C\c2ccccc2F)SC1=S. The van der Waals surface area contributed by atoms with Crippen molar-refractivity contribution in [3.05, 3.63) is 76.4 Å². The first kappa shape index (κ1) is 17.3. The third-order valence-electron chi connectivity index (χ3n) is 3.62. The Hall–Kier alpha value is -2.51. The molecule has 7 heteroatoms. The second-order valence-corrected chi connectivity index (χ2v) is 6.90. The van der Waals surface area contributed by atoms with E-state index in [4.69, 9.17) is 12.2 Å². The van der Waals surface area contributed by atoms with Crippen molar-refractivity contribution in [2.45, 2.75) is 6.04 Å². The molecule has 126 valence electrons.